The van der Waals surface area contributed by atoms with E-state index in [4.69, 9.17) is 10.5 Å². The lowest BCUT2D eigenvalue weighted by molar-refractivity contribution is -0.134. The van der Waals surface area contributed by atoms with Gasteiger partial charge in [-0.15, -0.1) is 0 Å². The normalized spacial score (nSPS) is 14.7. The third kappa shape index (κ3) is 9.53. The molecule has 4 N–H and O–H groups in total. The molecule has 4 rings (SSSR count). The molecule has 1 heterocycles. The van der Waals surface area contributed by atoms with Crippen molar-refractivity contribution in [3.8, 4) is 0 Å². The molecule has 0 saturated carbocycles. The molecule has 3 amide bonds. The number of hydrogen-bond acceptors (Lipinski definition) is 6. The second-order valence-electron chi connectivity index (χ2n) is 10.2. The molecule has 0 bridgehead atoms. The molecule has 1 atom stereocenters. The van der Waals surface area contributed by atoms with E-state index < -0.39 is 17.9 Å². The standard InChI is InChI=1S/C32H39N5O4/c33-29(22-26-12-6-2-7-13-26)32(40)35-34-30(38)23-41-24-31(39)37(27-14-8-3-9-15-27)28-17-20-36(21-18-28)19-16-25-10-4-1-5-11-25/h1-15,28-29H,16-24,33H2,(H,34,38)(H,35,40)/t29-/m1/s1. The summed E-state index contributed by atoms with van der Waals surface area (Å²) in [7, 11) is 0. The summed E-state index contributed by atoms with van der Waals surface area (Å²) in [5.74, 6) is -1.29. The van der Waals surface area contributed by atoms with Crippen LogP contribution < -0.4 is 21.5 Å². The van der Waals surface area contributed by atoms with Crippen LogP contribution in [0.25, 0.3) is 0 Å². The molecule has 1 saturated heterocycles. The molecular formula is C32H39N5O4. The Hall–Kier alpha value is -4.05. The van der Waals surface area contributed by atoms with Crippen molar-refractivity contribution in [1.82, 2.24) is 15.8 Å². The summed E-state index contributed by atoms with van der Waals surface area (Å²) in [5.41, 5.74) is 13.6. The van der Waals surface area contributed by atoms with Gasteiger partial charge in [0.15, 0.2) is 0 Å². The van der Waals surface area contributed by atoms with Crippen LogP contribution in [-0.2, 0) is 32.0 Å². The Bertz CT molecular complexity index is 1230. The summed E-state index contributed by atoms with van der Waals surface area (Å²) in [6.07, 6.45) is 3.05. The zero-order valence-electron chi connectivity index (χ0n) is 23.3. The number of nitrogens with two attached hydrogens (primary N) is 1. The Labute approximate surface area is 241 Å². The third-order valence-electron chi connectivity index (χ3n) is 7.20. The lowest BCUT2D eigenvalue weighted by atomic mass is 10.0. The highest BCUT2D eigenvalue weighted by atomic mass is 16.5. The second kappa shape index (κ2) is 15.7. The fourth-order valence-corrected chi connectivity index (χ4v) is 5.00. The average Bonchev–Trinajstić information content (AvgIpc) is 3.01. The molecule has 1 aliphatic heterocycles. The molecule has 9 heteroatoms. The number of anilines is 1. The van der Waals surface area contributed by atoms with Crippen LogP contribution in [-0.4, -0.2) is 67.6 Å². The van der Waals surface area contributed by atoms with Crippen LogP contribution in [0, 0.1) is 0 Å². The first-order valence-electron chi connectivity index (χ1n) is 14.1. The SMILES string of the molecule is N[C@H](Cc1ccccc1)C(=O)NNC(=O)COCC(=O)N(c1ccccc1)C1CCN(CCc2ccccc2)CC1. The van der Waals surface area contributed by atoms with Crippen molar-refractivity contribution in [2.24, 2.45) is 5.73 Å². The molecule has 3 aromatic rings. The highest BCUT2D eigenvalue weighted by Crippen LogP contribution is 2.24. The first kappa shape index (κ1) is 29.9. The molecule has 41 heavy (non-hydrogen) atoms. The molecule has 0 unspecified atom stereocenters. The van der Waals surface area contributed by atoms with E-state index >= 15 is 0 Å². The van der Waals surface area contributed by atoms with Gasteiger partial charge < -0.3 is 20.3 Å². The minimum Gasteiger partial charge on any atom is -0.362 e. The minimum absolute atomic E-state index is 0.0423. The summed E-state index contributed by atoms with van der Waals surface area (Å²) < 4.78 is 5.45. The van der Waals surface area contributed by atoms with E-state index in [0.29, 0.717) is 6.42 Å². The largest absolute Gasteiger partial charge is 0.362 e. The van der Waals surface area contributed by atoms with Crippen molar-refractivity contribution in [3.63, 3.8) is 0 Å². The van der Waals surface area contributed by atoms with Gasteiger partial charge in [0.25, 0.3) is 17.7 Å². The Morgan fingerprint density at radius 2 is 1.41 bits per heavy atom. The number of carbonyl (C=O) groups excluding carboxylic acids is 3. The smallest absolute Gasteiger partial charge is 0.264 e. The van der Waals surface area contributed by atoms with Gasteiger partial charge in [-0.1, -0.05) is 78.9 Å². The number of hydrazine groups is 1. The van der Waals surface area contributed by atoms with Gasteiger partial charge in [-0.05, 0) is 48.9 Å². The number of rotatable bonds is 12. The number of ether oxygens (including phenoxy) is 1. The van der Waals surface area contributed by atoms with Gasteiger partial charge in [0.2, 0.25) is 0 Å². The van der Waals surface area contributed by atoms with E-state index in [9.17, 15) is 14.4 Å². The molecule has 0 aromatic heterocycles. The summed E-state index contributed by atoms with van der Waals surface area (Å²) in [6, 6.07) is 28.6. The third-order valence-corrected chi connectivity index (χ3v) is 7.20. The van der Waals surface area contributed by atoms with Gasteiger partial charge in [0.1, 0.15) is 13.2 Å². The number of para-hydroxylation sites is 1. The zero-order chi connectivity index (χ0) is 28.9. The van der Waals surface area contributed by atoms with E-state index in [1.54, 1.807) is 4.90 Å². The second-order valence-corrected chi connectivity index (χ2v) is 10.2. The van der Waals surface area contributed by atoms with Crippen LogP contribution in [0.4, 0.5) is 5.69 Å². The van der Waals surface area contributed by atoms with Gasteiger partial charge in [-0.2, -0.15) is 0 Å². The van der Waals surface area contributed by atoms with E-state index in [1.165, 1.54) is 5.56 Å². The van der Waals surface area contributed by atoms with Crippen LogP contribution in [0.5, 0.6) is 0 Å². The molecule has 216 valence electrons. The van der Waals surface area contributed by atoms with Gasteiger partial charge in [0.05, 0.1) is 6.04 Å². The number of benzene rings is 3. The topological polar surface area (TPSA) is 117 Å². The predicted molar refractivity (Wildman–Crippen MR) is 159 cm³/mol. The van der Waals surface area contributed by atoms with E-state index in [1.807, 2.05) is 66.7 Å². The van der Waals surface area contributed by atoms with Crippen molar-refractivity contribution in [3.05, 3.63) is 102 Å². The molecule has 3 aromatic carbocycles. The Morgan fingerprint density at radius 1 is 0.829 bits per heavy atom. The van der Waals surface area contributed by atoms with Crippen LogP contribution in [0.15, 0.2) is 91.0 Å². The van der Waals surface area contributed by atoms with Gasteiger partial charge >= 0.3 is 0 Å². The maximum absolute atomic E-state index is 13.3. The van der Waals surface area contributed by atoms with Gasteiger partial charge in [-0.3, -0.25) is 25.2 Å². The first-order valence-corrected chi connectivity index (χ1v) is 14.1. The summed E-state index contributed by atoms with van der Waals surface area (Å²) in [5, 5.41) is 0. The summed E-state index contributed by atoms with van der Waals surface area (Å²) >= 11 is 0. The number of carbonyl (C=O) groups is 3. The number of likely N-dealkylation sites (tertiary alicyclic amines) is 1. The fraction of sp³-hybridized carbons (Fsp3) is 0.344. The zero-order valence-corrected chi connectivity index (χ0v) is 23.3. The lowest BCUT2D eigenvalue weighted by Gasteiger charge is -2.38. The molecule has 1 aliphatic rings. The summed E-state index contributed by atoms with van der Waals surface area (Å²) in [6.45, 7) is 2.17. The molecule has 0 radical (unpaired) electrons. The average molecular weight is 558 g/mol. The molecular weight excluding hydrogens is 518 g/mol. The quantitative estimate of drug-likeness (QED) is 0.295. The van der Waals surface area contributed by atoms with E-state index in [-0.39, 0.29) is 25.2 Å². The van der Waals surface area contributed by atoms with Crippen molar-refractivity contribution in [1.29, 1.82) is 0 Å². The van der Waals surface area contributed by atoms with Gasteiger partial charge in [0, 0.05) is 31.4 Å². The summed E-state index contributed by atoms with van der Waals surface area (Å²) in [4.78, 5) is 42.0. The Morgan fingerprint density at radius 3 is 2.05 bits per heavy atom. The van der Waals surface area contributed by atoms with Crippen molar-refractivity contribution < 1.29 is 19.1 Å². The van der Waals surface area contributed by atoms with Crippen LogP contribution >= 0.6 is 0 Å². The van der Waals surface area contributed by atoms with Crippen LogP contribution in [0.2, 0.25) is 0 Å². The number of nitrogens with zero attached hydrogens (tertiary/aromatic N) is 2. The fourth-order valence-electron chi connectivity index (χ4n) is 5.00. The van der Waals surface area contributed by atoms with Crippen LogP contribution in [0.3, 0.4) is 0 Å². The molecule has 0 spiro atoms. The number of amides is 3. The van der Waals surface area contributed by atoms with Crippen molar-refractivity contribution in [2.75, 3.05) is 37.7 Å². The number of piperidine rings is 1. The number of hydrogen-bond donors (Lipinski definition) is 3. The minimum atomic E-state index is -0.815. The van der Waals surface area contributed by atoms with Gasteiger partial charge in [-0.25, -0.2) is 0 Å². The van der Waals surface area contributed by atoms with E-state index in [2.05, 4.69) is 40.0 Å². The van der Waals surface area contributed by atoms with Crippen molar-refractivity contribution in [2.45, 2.75) is 37.8 Å². The highest BCUT2D eigenvalue weighted by Gasteiger charge is 2.29. The van der Waals surface area contributed by atoms with E-state index in [0.717, 1.165) is 50.1 Å². The maximum Gasteiger partial charge on any atom is 0.264 e. The Balaban J connectivity index is 1.21. The lowest BCUT2D eigenvalue weighted by Crippen LogP contribution is -2.51. The molecule has 1 fully saturated rings. The number of nitrogens with one attached hydrogen (secondary N) is 2. The molecule has 0 aliphatic carbocycles. The predicted octanol–water partition coefficient (Wildman–Crippen LogP) is 2.46. The Kier molecular flexibility index (Phi) is 11.4. The maximum atomic E-state index is 13.3. The monoisotopic (exact) mass is 557 g/mol. The first-order chi connectivity index (χ1) is 20.0. The molecule has 9 nitrogen and oxygen atoms in total. The highest BCUT2D eigenvalue weighted by molar-refractivity contribution is 5.95. The van der Waals surface area contributed by atoms with Crippen LogP contribution in [0.1, 0.15) is 24.0 Å². The van der Waals surface area contributed by atoms with Crippen molar-refractivity contribution >= 4 is 23.4 Å².